The Labute approximate surface area is 209 Å². The number of carbonyl (C=O) groups is 4. The Kier molecular flexibility index (Phi) is 7.36. The standard InChI is InChI=1S/C25H17Cl2NO5S/c26-16-8-11-19(20(27)12-16)21(29)14-33-25(32)15-6-9-17(10-7-15)28-23(30)13-22(24(28)31)34-18-4-2-1-3-5-18/h1-12,22H,13-14H2. The summed E-state index contributed by atoms with van der Waals surface area (Å²) in [5.41, 5.74) is 0.739. The van der Waals surface area contributed by atoms with Crippen LogP contribution in [0.3, 0.4) is 0 Å². The van der Waals surface area contributed by atoms with Crippen molar-refractivity contribution >= 4 is 64.2 Å². The molecule has 9 heteroatoms. The van der Waals surface area contributed by atoms with Crippen LogP contribution in [0.5, 0.6) is 0 Å². The van der Waals surface area contributed by atoms with Crippen LogP contribution in [0.4, 0.5) is 5.69 Å². The maximum atomic E-state index is 12.8. The molecule has 0 spiro atoms. The second-order valence-electron chi connectivity index (χ2n) is 7.36. The molecule has 172 valence electrons. The molecule has 0 bridgehead atoms. The van der Waals surface area contributed by atoms with Crippen LogP contribution in [0.2, 0.25) is 10.0 Å². The van der Waals surface area contributed by atoms with Crippen molar-refractivity contribution in [2.45, 2.75) is 16.6 Å². The van der Waals surface area contributed by atoms with Crippen molar-refractivity contribution in [3.05, 3.63) is 94.0 Å². The van der Waals surface area contributed by atoms with E-state index in [0.717, 1.165) is 9.80 Å². The number of halogens is 2. The van der Waals surface area contributed by atoms with Crippen LogP contribution >= 0.6 is 35.0 Å². The van der Waals surface area contributed by atoms with Crippen molar-refractivity contribution in [3.63, 3.8) is 0 Å². The predicted molar refractivity (Wildman–Crippen MR) is 131 cm³/mol. The highest BCUT2D eigenvalue weighted by Gasteiger charge is 2.40. The van der Waals surface area contributed by atoms with Crippen LogP contribution in [0.1, 0.15) is 27.1 Å². The molecular weight excluding hydrogens is 497 g/mol. The highest BCUT2D eigenvalue weighted by Crippen LogP contribution is 2.34. The zero-order valence-electron chi connectivity index (χ0n) is 17.6. The third-order valence-corrected chi connectivity index (χ3v) is 6.80. The van der Waals surface area contributed by atoms with Gasteiger partial charge >= 0.3 is 5.97 Å². The number of anilines is 1. The monoisotopic (exact) mass is 513 g/mol. The maximum absolute atomic E-state index is 12.8. The summed E-state index contributed by atoms with van der Waals surface area (Å²) in [5, 5.41) is 0.0467. The van der Waals surface area contributed by atoms with Crippen molar-refractivity contribution in [3.8, 4) is 0 Å². The van der Waals surface area contributed by atoms with Crippen molar-refractivity contribution in [1.82, 2.24) is 0 Å². The lowest BCUT2D eigenvalue weighted by atomic mass is 10.1. The molecule has 0 radical (unpaired) electrons. The SMILES string of the molecule is O=C(OCC(=O)c1ccc(Cl)cc1Cl)c1ccc(N2C(=O)CC(Sc3ccccc3)C2=O)cc1. The number of hydrogen-bond donors (Lipinski definition) is 0. The Morgan fingerprint density at radius 1 is 0.971 bits per heavy atom. The molecule has 1 fully saturated rings. The molecular formula is C25H17Cl2NO5S. The van der Waals surface area contributed by atoms with Gasteiger partial charge in [0.1, 0.15) is 0 Å². The summed E-state index contributed by atoms with van der Waals surface area (Å²) >= 11 is 13.2. The first-order valence-electron chi connectivity index (χ1n) is 10.2. The van der Waals surface area contributed by atoms with Gasteiger partial charge < -0.3 is 4.74 Å². The summed E-state index contributed by atoms with van der Waals surface area (Å²) in [4.78, 5) is 52.0. The zero-order valence-corrected chi connectivity index (χ0v) is 19.9. The van der Waals surface area contributed by atoms with Crippen molar-refractivity contribution in [2.24, 2.45) is 0 Å². The van der Waals surface area contributed by atoms with E-state index in [9.17, 15) is 19.2 Å². The van der Waals surface area contributed by atoms with E-state index in [1.807, 2.05) is 30.3 Å². The number of hydrogen-bond acceptors (Lipinski definition) is 6. The van der Waals surface area contributed by atoms with E-state index in [2.05, 4.69) is 0 Å². The predicted octanol–water partition coefficient (Wildman–Crippen LogP) is 5.46. The normalized spacial score (nSPS) is 15.5. The van der Waals surface area contributed by atoms with Crippen LogP contribution < -0.4 is 4.90 Å². The second-order valence-corrected chi connectivity index (χ2v) is 9.48. The minimum absolute atomic E-state index is 0.0948. The van der Waals surface area contributed by atoms with Crippen LogP contribution in [-0.2, 0) is 14.3 Å². The lowest BCUT2D eigenvalue weighted by Crippen LogP contribution is -2.31. The number of ether oxygens (including phenoxy) is 1. The van der Waals surface area contributed by atoms with Gasteiger partial charge in [-0.3, -0.25) is 14.4 Å². The molecule has 0 aromatic heterocycles. The average Bonchev–Trinajstić information content (AvgIpc) is 3.10. The number of esters is 1. The van der Waals surface area contributed by atoms with Gasteiger partial charge in [-0.25, -0.2) is 9.69 Å². The first-order valence-corrected chi connectivity index (χ1v) is 11.8. The molecule has 0 N–H and O–H groups in total. The third kappa shape index (κ3) is 5.33. The number of Topliss-reactive ketones (excluding diaryl/α,β-unsaturated/α-hetero) is 1. The van der Waals surface area contributed by atoms with Crippen molar-refractivity contribution in [1.29, 1.82) is 0 Å². The van der Waals surface area contributed by atoms with Gasteiger partial charge in [0, 0.05) is 21.9 Å². The van der Waals surface area contributed by atoms with E-state index in [4.69, 9.17) is 27.9 Å². The minimum atomic E-state index is -0.721. The number of carbonyl (C=O) groups excluding carboxylic acids is 4. The Hall–Kier alpha value is -3.13. The van der Waals surface area contributed by atoms with E-state index in [-0.39, 0.29) is 34.4 Å². The molecule has 34 heavy (non-hydrogen) atoms. The third-order valence-electron chi connectivity index (χ3n) is 5.05. The highest BCUT2D eigenvalue weighted by atomic mass is 35.5. The topological polar surface area (TPSA) is 80.8 Å². The Balaban J connectivity index is 1.38. The Morgan fingerprint density at radius 3 is 2.35 bits per heavy atom. The van der Waals surface area contributed by atoms with Crippen LogP contribution in [-0.4, -0.2) is 35.4 Å². The largest absolute Gasteiger partial charge is 0.454 e. The number of benzene rings is 3. The van der Waals surface area contributed by atoms with Gasteiger partial charge in [-0.05, 0) is 54.6 Å². The number of rotatable bonds is 7. The van der Waals surface area contributed by atoms with E-state index < -0.39 is 23.6 Å². The van der Waals surface area contributed by atoms with E-state index in [1.165, 1.54) is 54.2 Å². The number of imide groups is 1. The molecule has 1 saturated heterocycles. The molecule has 1 atom stereocenters. The summed E-state index contributed by atoms with van der Waals surface area (Å²) < 4.78 is 5.09. The second kappa shape index (κ2) is 10.4. The summed E-state index contributed by atoms with van der Waals surface area (Å²) in [6, 6.07) is 19.7. The van der Waals surface area contributed by atoms with Gasteiger partial charge in [-0.2, -0.15) is 0 Å². The van der Waals surface area contributed by atoms with Crippen molar-refractivity contribution < 1.29 is 23.9 Å². The molecule has 2 amide bonds. The lowest BCUT2D eigenvalue weighted by molar-refractivity contribution is -0.121. The van der Waals surface area contributed by atoms with Gasteiger partial charge in [0.05, 0.1) is 21.5 Å². The highest BCUT2D eigenvalue weighted by molar-refractivity contribution is 8.00. The molecule has 6 nitrogen and oxygen atoms in total. The summed E-state index contributed by atoms with van der Waals surface area (Å²) in [5.74, 6) is -1.80. The molecule has 4 rings (SSSR count). The van der Waals surface area contributed by atoms with E-state index in [1.54, 1.807) is 0 Å². The first-order chi connectivity index (χ1) is 16.3. The Bertz CT molecular complexity index is 1260. The maximum Gasteiger partial charge on any atom is 0.338 e. The summed E-state index contributed by atoms with van der Waals surface area (Å²) in [6.07, 6.45) is 0.0948. The van der Waals surface area contributed by atoms with Crippen LogP contribution in [0, 0.1) is 0 Å². The zero-order chi connectivity index (χ0) is 24.2. The van der Waals surface area contributed by atoms with Crippen LogP contribution in [0.15, 0.2) is 77.7 Å². The summed E-state index contributed by atoms with van der Waals surface area (Å²) in [7, 11) is 0. The number of amides is 2. The number of thioether (sulfide) groups is 1. The molecule has 3 aromatic carbocycles. The van der Waals surface area contributed by atoms with Gasteiger partial charge in [-0.15, -0.1) is 11.8 Å². The molecule has 1 unspecified atom stereocenters. The van der Waals surface area contributed by atoms with Gasteiger partial charge in [-0.1, -0.05) is 41.4 Å². The van der Waals surface area contributed by atoms with Crippen LogP contribution in [0.25, 0.3) is 0 Å². The fourth-order valence-corrected chi connectivity index (χ4v) is 4.97. The number of nitrogens with zero attached hydrogens (tertiary/aromatic N) is 1. The van der Waals surface area contributed by atoms with E-state index in [0.29, 0.717) is 10.7 Å². The average molecular weight is 514 g/mol. The molecule has 0 aliphatic carbocycles. The molecule has 0 saturated carbocycles. The van der Waals surface area contributed by atoms with Gasteiger partial charge in [0.2, 0.25) is 17.6 Å². The van der Waals surface area contributed by atoms with Crippen molar-refractivity contribution in [2.75, 3.05) is 11.5 Å². The first kappa shape index (κ1) is 24.0. The van der Waals surface area contributed by atoms with Gasteiger partial charge in [0.25, 0.3) is 0 Å². The molecule has 1 aliphatic heterocycles. The lowest BCUT2D eigenvalue weighted by Gasteiger charge is -2.15. The number of ketones is 1. The smallest absolute Gasteiger partial charge is 0.338 e. The minimum Gasteiger partial charge on any atom is -0.454 e. The molecule has 1 aliphatic rings. The van der Waals surface area contributed by atoms with E-state index >= 15 is 0 Å². The molecule has 3 aromatic rings. The molecule has 1 heterocycles. The fraction of sp³-hybridized carbons (Fsp3) is 0.120. The van der Waals surface area contributed by atoms with Gasteiger partial charge in [0.15, 0.2) is 6.61 Å². The fourth-order valence-electron chi connectivity index (χ4n) is 3.39. The quantitative estimate of drug-likeness (QED) is 0.237. The summed E-state index contributed by atoms with van der Waals surface area (Å²) in [6.45, 7) is -0.497. The Morgan fingerprint density at radius 2 is 1.68 bits per heavy atom.